The summed E-state index contributed by atoms with van der Waals surface area (Å²) < 4.78 is 29.7. The fourth-order valence-electron chi connectivity index (χ4n) is 3.04. The molecule has 2 heterocycles. The summed E-state index contributed by atoms with van der Waals surface area (Å²) in [6.45, 7) is 1.08. The molecule has 0 bridgehead atoms. The number of amides is 1. The fourth-order valence-corrected chi connectivity index (χ4v) is 5.88. The molecule has 0 aliphatic carbocycles. The number of nitrogens with one attached hydrogen (secondary N) is 1. The van der Waals surface area contributed by atoms with Gasteiger partial charge in [0.05, 0.1) is 38.5 Å². The molecule has 152 valence electrons. The number of aromatic nitrogens is 2. The van der Waals surface area contributed by atoms with E-state index in [9.17, 15) is 13.2 Å². The molecule has 1 N–H and O–H groups in total. The van der Waals surface area contributed by atoms with Crippen LogP contribution in [-0.4, -0.2) is 41.5 Å². The molecule has 28 heavy (non-hydrogen) atoms. The monoisotopic (exact) mass is 508 g/mol. The topological polar surface area (TPSA) is 84.3 Å². The SMILES string of the molecule is Cn1ncc(Br)c1CNC(=O)c1cc(S(=O)(=O)N2CCCCC2)c(Cl)cc1Cl. The van der Waals surface area contributed by atoms with Gasteiger partial charge in [-0.1, -0.05) is 29.6 Å². The second-order valence-corrected chi connectivity index (χ2v) is 10.0. The predicted octanol–water partition coefficient (Wildman–Crippen LogP) is 3.59. The molecule has 0 unspecified atom stereocenters. The molecular formula is C17H19BrCl2N4O3S. The highest BCUT2D eigenvalue weighted by atomic mass is 79.9. The van der Waals surface area contributed by atoms with Crippen LogP contribution in [0.5, 0.6) is 0 Å². The number of sulfonamides is 1. The molecule has 7 nitrogen and oxygen atoms in total. The highest BCUT2D eigenvalue weighted by Crippen LogP contribution is 2.32. The van der Waals surface area contributed by atoms with Crippen molar-refractivity contribution in [2.45, 2.75) is 30.7 Å². The van der Waals surface area contributed by atoms with Crippen molar-refractivity contribution in [2.75, 3.05) is 13.1 Å². The molecule has 2 aromatic rings. The second-order valence-electron chi connectivity index (χ2n) is 6.47. The summed E-state index contributed by atoms with van der Waals surface area (Å²) in [7, 11) is -2.04. The fraction of sp³-hybridized carbons (Fsp3) is 0.412. The van der Waals surface area contributed by atoms with E-state index in [1.807, 2.05) is 0 Å². The summed E-state index contributed by atoms with van der Waals surface area (Å²) in [5.74, 6) is -0.495. The number of hydrogen-bond acceptors (Lipinski definition) is 4. The Bertz CT molecular complexity index is 985. The van der Waals surface area contributed by atoms with Crippen LogP contribution in [0.4, 0.5) is 0 Å². The Hall–Kier alpha value is -1.13. The lowest BCUT2D eigenvalue weighted by Gasteiger charge is -2.26. The van der Waals surface area contributed by atoms with Crippen molar-refractivity contribution in [1.29, 1.82) is 0 Å². The Morgan fingerprint density at radius 1 is 1.21 bits per heavy atom. The Morgan fingerprint density at radius 2 is 1.89 bits per heavy atom. The molecule has 1 saturated heterocycles. The van der Waals surface area contributed by atoms with E-state index >= 15 is 0 Å². The summed E-state index contributed by atoms with van der Waals surface area (Å²) in [5, 5.41) is 6.91. The molecule has 0 radical (unpaired) electrons. The lowest BCUT2D eigenvalue weighted by Crippen LogP contribution is -2.36. The molecule has 0 saturated carbocycles. The maximum absolute atomic E-state index is 13.0. The van der Waals surface area contributed by atoms with E-state index in [1.165, 1.54) is 16.4 Å². The van der Waals surface area contributed by atoms with Crippen molar-refractivity contribution >= 4 is 55.1 Å². The van der Waals surface area contributed by atoms with E-state index in [4.69, 9.17) is 23.2 Å². The standard InChI is InChI=1S/C17H19BrCl2N4O3S/c1-23-15(12(18)9-22-23)10-21-17(25)11-7-16(14(20)8-13(11)19)28(26,27)24-5-3-2-4-6-24/h7-9H,2-6,10H2,1H3,(H,21,25). The molecular weight excluding hydrogens is 491 g/mol. The summed E-state index contributed by atoms with van der Waals surface area (Å²) in [4.78, 5) is 12.6. The highest BCUT2D eigenvalue weighted by Gasteiger charge is 2.29. The van der Waals surface area contributed by atoms with E-state index in [-0.39, 0.29) is 27.0 Å². The average molecular weight is 510 g/mol. The van der Waals surface area contributed by atoms with Crippen molar-refractivity contribution in [3.8, 4) is 0 Å². The minimum atomic E-state index is -3.80. The maximum Gasteiger partial charge on any atom is 0.253 e. The third-order valence-electron chi connectivity index (χ3n) is 4.63. The van der Waals surface area contributed by atoms with Gasteiger partial charge >= 0.3 is 0 Å². The zero-order chi connectivity index (χ0) is 20.5. The summed E-state index contributed by atoms with van der Waals surface area (Å²) >= 11 is 15.7. The minimum absolute atomic E-state index is 0.00139. The summed E-state index contributed by atoms with van der Waals surface area (Å²) in [6.07, 6.45) is 4.23. The Balaban J connectivity index is 1.87. The first kappa shape index (κ1) is 21.6. The van der Waals surface area contributed by atoms with E-state index in [2.05, 4.69) is 26.3 Å². The lowest BCUT2D eigenvalue weighted by molar-refractivity contribution is 0.0950. The first-order chi connectivity index (χ1) is 13.2. The van der Waals surface area contributed by atoms with Gasteiger partial charge in [-0.3, -0.25) is 9.48 Å². The Morgan fingerprint density at radius 3 is 2.50 bits per heavy atom. The van der Waals surface area contributed by atoms with Crippen LogP contribution >= 0.6 is 39.1 Å². The average Bonchev–Trinajstić information content (AvgIpc) is 2.98. The lowest BCUT2D eigenvalue weighted by atomic mass is 10.2. The number of carbonyl (C=O) groups excluding carboxylic acids is 1. The van der Waals surface area contributed by atoms with Gasteiger partial charge in [0.2, 0.25) is 10.0 Å². The van der Waals surface area contributed by atoms with E-state index in [0.717, 1.165) is 29.4 Å². The molecule has 1 aromatic carbocycles. The van der Waals surface area contributed by atoms with Crippen LogP contribution in [0.15, 0.2) is 27.7 Å². The van der Waals surface area contributed by atoms with E-state index in [0.29, 0.717) is 13.1 Å². The van der Waals surface area contributed by atoms with Crippen molar-refractivity contribution in [1.82, 2.24) is 19.4 Å². The Kier molecular flexibility index (Phi) is 6.71. The maximum atomic E-state index is 13.0. The van der Waals surface area contributed by atoms with Gasteiger partial charge in [0.15, 0.2) is 0 Å². The van der Waals surface area contributed by atoms with Crippen molar-refractivity contribution < 1.29 is 13.2 Å². The first-order valence-corrected chi connectivity index (χ1v) is 11.6. The minimum Gasteiger partial charge on any atom is -0.346 e. The van der Waals surface area contributed by atoms with Gasteiger partial charge in [-0.2, -0.15) is 9.40 Å². The van der Waals surface area contributed by atoms with Crippen LogP contribution in [0, 0.1) is 0 Å². The number of hydrogen-bond donors (Lipinski definition) is 1. The third kappa shape index (κ3) is 4.38. The molecule has 1 amide bonds. The van der Waals surface area contributed by atoms with Crippen LogP contribution in [0.25, 0.3) is 0 Å². The van der Waals surface area contributed by atoms with Gasteiger partial charge in [0, 0.05) is 20.1 Å². The smallest absolute Gasteiger partial charge is 0.253 e. The van der Waals surface area contributed by atoms with Gasteiger partial charge in [-0.05, 0) is 40.9 Å². The van der Waals surface area contributed by atoms with Crippen LogP contribution < -0.4 is 5.32 Å². The van der Waals surface area contributed by atoms with Gasteiger partial charge in [0.1, 0.15) is 4.90 Å². The van der Waals surface area contributed by atoms with Crippen molar-refractivity contribution in [3.63, 3.8) is 0 Å². The zero-order valence-electron chi connectivity index (χ0n) is 15.1. The Labute approximate surface area is 182 Å². The number of rotatable bonds is 5. The first-order valence-electron chi connectivity index (χ1n) is 8.65. The molecule has 0 spiro atoms. The quantitative estimate of drug-likeness (QED) is 0.667. The van der Waals surface area contributed by atoms with E-state index in [1.54, 1.807) is 17.9 Å². The summed E-state index contributed by atoms with van der Waals surface area (Å²) in [5.41, 5.74) is 0.819. The summed E-state index contributed by atoms with van der Waals surface area (Å²) in [6, 6.07) is 2.55. The van der Waals surface area contributed by atoms with Gasteiger partial charge in [0.25, 0.3) is 5.91 Å². The van der Waals surface area contributed by atoms with Crippen molar-refractivity contribution in [2.24, 2.45) is 7.05 Å². The second kappa shape index (κ2) is 8.71. The number of aryl methyl sites for hydroxylation is 1. The molecule has 1 aliphatic heterocycles. The molecule has 0 atom stereocenters. The predicted molar refractivity (Wildman–Crippen MR) is 111 cm³/mol. The zero-order valence-corrected chi connectivity index (χ0v) is 19.0. The molecule has 1 aliphatic rings. The van der Waals surface area contributed by atoms with Crippen LogP contribution in [0.2, 0.25) is 10.0 Å². The molecule has 11 heteroatoms. The van der Waals surface area contributed by atoms with E-state index < -0.39 is 15.9 Å². The van der Waals surface area contributed by atoms with Crippen LogP contribution in [0.3, 0.4) is 0 Å². The number of benzene rings is 1. The molecule has 1 aromatic heterocycles. The normalized spacial score (nSPS) is 15.6. The molecule has 3 rings (SSSR count). The number of carbonyl (C=O) groups is 1. The number of halogens is 3. The van der Waals surface area contributed by atoms with Crippen LogP contribution in [-0.2, 0) is 23.6 Å². The molecule has 1 fully saturated rings. The highest BCUT2D eigenvalue weighted by molar-refractivity contribution is 9.10. The number of piperidine rings is 1. The van der Waals surface area contributed by atoms with Crippen LogP contribution in [0.1, 0.15) is 35.3 Å². The van der Waals surface area contributed by atoms with Gasteiger partial charge in [-0.15, -0.1) is 0 Å². The largest absolute Gasteiger partial charge is 0.346 e. The van der Waals surface area contributed by atoms with Gasteiger partial charge in [-0.25, -0.2) is 8.42 Å². The number of nitrogens with zero attached hydrogens (tertiary/aromatic N) is 3. The van der Waals surface area contributed by atoms with Crippen molar-refractivity contribution in [3.05, 3.63) is 44.1 Å². The third-order valence-corrected chi connectivity index (χ3v) is 7.96. The van der Waals surface area contributed by atoms with Gasteiger partial charge < -0.3 is 5.32 Å².